The van der Waals surface area contributed by atoms with Crippen molar-refractivity contribution in [2.75, 3.05) is 33.1 Å². The highest BCUT2D eigenvalue weighted by Crippen LogP contribution is 2.10. The van der Waals surface area contributed by atoms with Crippen LogP contribution in [0.1, 0.15) is 58.3 Å². The topological polar surface area (TPSA) is 0 Å². The maximum absolute atomic E-state index is 5.78. The molecule has 0 N–H and O–H groups in total. The number of hydrogen-bond acceptors (Lipinski definition) is 0. The molecule has 17 heavy (non-hydrogen) atoms. The normalized spacial score (nSPS) is 11.3. The van der Waals surface area contributed by atoms with Crippen molar-refractivity contribution in [3.05, 3.63) is 0 Å². The van der Waals surface area contributed by atoms with Crippen LogP contribution in [-0.2, 0) is 0 Å². The summed E-state index contributed by atoms with van der Waals surface area (Å²) in [5.74, 6) is 0.782. The number of quaternary nitrogens is 1. The molecule has 0 aliphatic heterocycles. The summed E-state index contributed by atoms with van der Waals surface area (Å²) in [6.45, 7) is 4.65. The molecule has 0 aromatic carbocycles. The fourth-order valence-electron chi connectivity index (χ4n) is 2.01. The molecule has 0 spiro atoms. The van der Waals surface area contributed by atoms with E-state index in [1.165, 1.54) is 57.9 Å². The van der Waals surface area contributed by atoms with Gasteiger partial charge in [-0.2, -0.15) is 0 Å². The summed E-state index contributed by atoms with van der Waals surface area (Å²) >= 11 is 5.78. The average molecular weight is 329 g/mol. The second-order valence-electron chi connectivity index (χ2n) is 5.55. The molecule has 0 atom stereocenters. The van der Waals surface area contributed by atoms with Crippen molar-refractivity contribution >= 4 is 11.6 Å². The Kier molecular flexibility index (Phi) is 15.5. The fourth-order valence-corrected chi connectivity index (χ4v) is 2.47. The lowest BCUT2D eigenvalue weighted by Crippen LogP contribution is -3.00. The SMILES string of the molecule is CCCCCCCCCC[N+](C)(C)CCCl.[Br-]. The van der Waals surface area contributed by atoms with Gasteiger partial charge in [0.15, 0.2) is 0 Å². The minimum absolute atomic E-state index is 0. The zero-order chi connectivity index (χ0) is 12.3. The zero-order valence-electron chi connectivity index (χ0n) is 12.0. The number of unbranched alkanes of at least 4 members (excludes halogenated alkanes) is 7. The second-order valence-corrected chi connectivity index (χ2v) is 5.92. The summed E-state index contributed by atoms with van der Waals surface area (Å²) in [5, 5.41) is 0. The fraction of sp³-hybridized carbons (Fsp3) is 1.00. The van der Waals surface area contributed by atoms with E-state index in [9.17, 15) is 0 Å². The highest BCUT2D eigenvalue weighted by Gasteiger charge is 2.12. The van der Waals surface area contributed by atoms with Crippen molar-refractivity contribution in [1.29, 1.82) is 0 Å². The first-order valence-corrected chi connectivity index (χ1v) is 7.54. The summed E-state index contributed by atoms with van der Waals surface area (Å²) in [4.78, 5) is 0. The third-order valence-electron chi connectivity index (χ3n) is 3.31. The van der Waals surface area contributed by atoms with Crippen LogP contribution in [0.15, 0.2) is 0 Å². The first-order valence-electron chi connectivity index (χ1n) is 7.00. The Labute approximate surface area is 124 Å². The summed E-state index contributed by atoms with van der Waals surface area (Å²) in [7, 11) is 4.56. The number of halogens is 2. The Morgan fingerprint density at radius 1 is 0.765 bits per heavy atom. The van der Waals surface area contributed by atoms with Crippen LogP contribution in [-0.4, -0.2) is 37.5 Å². The lowest BCUT2D eigenvalue weighted by atomic mass is 10.1. The summed E-state index contributed by atoms with van der Waals surface area (Å²) < 4.78 is 1.08. The van der Waals surface area contributed by atoms with Crippen molar-refractivity contribution in [3.63, 3.8) is 0 Å². The molecule has 0 heterocycles. The first-order chi connectivity index (χ1) is 7.62. The molecule has 0 bridgehead atoms. The largest absolute Gasteiger partial charge is 1.00 e. The van der Waals surface area contributed by atoms with E-state index in [2.05, 4.69) is 21.0 Å². The third-order valence-corrected chi connectivity index (χ3v) is 3.48. The quantitative estimate of drug-likeness (QED) is 0.306. The minimum atomic E-state index is 0. The number of nitrogens with zero attached hydrogens (tertiary/aromatic N) is 1. The van der Waals surface area contributed by atoms with E-state index in [0.717, 1.165) is 16.9 Å². The van der Waals surface area contributed by atoms with Crippen LogP contribution >= 0.6 is 11.6 Å². The molecule has 0 aromatic rings. The molecular formula is C14H31BrClN. The van der Waals surface area contributed by atoms with E-state index in [1.807, 2.05) is 0 Å². The van der Waals surface area contributed by atoms with Crippen LogP contribution in [0.3, 0.4) is 0 Å². The maximum Gasteiger partial charge on any atom is 0.0920 e. The smallest absolute Gasteiger partial charge is 0.0920 e. The van der Waals surface area contributed by atoms with Gasteiger partial charge in [0, 0.05) is 0 Å². The Morgan fingerprint density at radius 2 is 1.24 bits per heavy atom. The molecule has 0 amide bonds. The minimum Gasteiger partial charge on any atom is -1.00 e. The van der Waals surface area contributed by atoms with E-state index in [-0.39, 0.29) is 17.0 Å². The molecule has 0 radical (unpaired) electrons. The average Bonchev–Trinajstić information content (AvgIpc) is 2.22. The van der Waals surface area contributed by atoms with Crippen molar-refractivity contribution in [1.82, 2.24) is 0 Å². The van der Waals surface area contributed by atoms with Crippen LogP contribution in [0.25, 0.3) is 0 Å². The molecule has 1 nitrogen and oxygen atoms in total. The monoisotopic (exact) mass is 327 g/mol. The standard InChI is InChI=1S/C14H31ClN.BrH/c1-4-5-6-7-8-9-10-11-13-16(2,3)14-12-15;/h4-14H2,1-3H3;1H/q+1;/p-1. The Morgan fingerprint density at radius 3 is 1.71 bits per heavy atom. The molecule has 0 saturated heterocycles. The van der Waals surface area contributed by atoms with Gasteiger partial charge >= 0.3 is 0 Å². The van der Waals surface area contributed by atoms with Crippen molar-refractivity contribution < 1.29 is 21.5 Å². The van der Waals surface area contributed by atoms with Gasteiger partial charge in [-0.05, 0) is 12.8 Å². The molecule has 3 heteroatoms. The van der Waals surface area contributed by atoms with Crippen molar-refractivity contribution in [3.8, 4) is 0 Å². The zero-order valence-corrected chi connectivity index (χ0v) is 14.3. The molecule has 0 rings (SSSR count). The maximum atomic E-state index is 5.78. The van der Waals surface area contributed by atoms with Crippen molar-refractivity contribution in [2.24, 2.45) is 0 Å². The molecule has 0 aliphatic carbocycles. The van der Waals surface area contributed by atoms with Gasteiger partial charge in [-0.3, -0.25) is 0 Å². The second kappa shape index (κ2) is 13.2. The van der Waals surface area contributed by atoms with Gasteiger partial charge < -0.3 is 21.5 Å². The lowest BCUT2D eigenvalue weighted by Gasteiger charge is -2.28. The number of rotatable bonds is 11. The number of alkyl halides is 1. The highest BCUT2D eigenvalue weighted by atomic mass is 79.9. The van der Waals surface area contributed by atoms with Gasteiger partial charge in [-0.25, -0.2) is 0 Å². The highest BCUT2D eigenvalue weighted by molar-refractivity contribution is 6.17. The number of hydrogen-bond donors (Lipinski definition) is 0. The van der Waals surface area contributed by atoms with E-state index in [4.69, 9.17) is 11.6 Å². The predicted octanol–water partition coefficient (Wildman–Crippen LogP) is 1.45. The van der Waals surface area contributed by atoms with Gasteiger partial charge in [0.1, 0.15) is 0 Å². The first kappa shape index (κ1) is 20.1. The Bertz CT molecular complexity index is 151. The van der Waals surface area contributed by atoms with E-state index in [0.29, 0.717) is 0 Å². The van der Waals surface area contributed by atoms with Crippen molar-refractivity contribution in [2.45, 2.75) is 58.3 Å². The predicted molar refractivity (Wildman–Crippen MR) is 75.2 cm³/mol. The molecule has 106 valence electrons. The van der Waals surface area contributed by atoms with E-state index < -0.39 is 0 Å². The van der Waals surface area contributed by atoms with E-state index in [1.54, 1.807) is 0 Å². The molecule has 0 aliphatic rings. The molecule has 0 unspecified atom stereocenters. The molecule has 0 fully saturated rings. The van der Waals surface area contributed by atoms with Gasteiger partial charge in [-0.1, -0.05) is 45.4 Å². The van der Waals surface area contributed by atoms with E-state index >= 15 is 0 Å². The molecular weight excluding hydrogens is 298 g/mol. The Balaban J connectivity index is 0. The molecule has 0 saturated carbocycles. The van der Waals surface area contributed by atoms with Crippen LogP contribution < -0.4 is 17.0 Å². The van der Waals surface area contributed by atoms with Crippen LogP contribution in [0.4, 0.5) is 0 Å². The van der Waals surface area contributed by atoms with Gasteiger partial charge in [0.25, 0.3) is 0 Å². The Hall–Kier alpha value is 0.730. The van der Waals surface area contributed by atoms with Crippen LogP contribution in [0.5, 0.6) is 0 Å². The summed E-state index contributed by atoms with van der Waals surface area (Å²) in [5.41, 5.74) is 0. The summed E-state index contributed by atoms with van der Waals surface area (Å²) in [6, 6.07) is 0. The van der Waals surface area contributed by atoms with Gasteiger partial charge in [-0.15, -0.1) is 11.6 Å². The third kappa shape index (κ3) is 14.7. The van der Waals surface area contributed by atoms with Crippen LogP contribution in [0.2, 0.25) is 0 Å². The lowest BCUT2D eigenvalue weighted by molar-refractivity contribution is -0.888. The van der Waals surface area contributed by atoms with Crippen LogP contribution in [0, 0.1) is 0 Å². The van der Waals surface area contributed by atoms with Gasteiger partial charge in [0.2, 0.25) is 0 Å². The summed E-state index contributed by atoms with van der Waals surface area (Å²) in [6.07, 6.45) is 11.3. The molecule has 0 aromatic heterocycles. The van der Waals surface area contributed by atoms with Gasteiger partial charge in [0.05, 0.1) is 33.1 Å².